The second-order valence-corrected chi connectivity index (χ2v) is 4.98. The third-order valence-electron chi connectivity index (χ3n) is 3.15. The Morgan fingerprint density at radius 1 is 1.39 bits per heavy atom. The quantitative estimate of drug-likeness (QED) is 0.568. The van der Waals surface area contributed by atoms with E-state index in [9.17, 15) is 9.59 Å². The van der Waals surface area contributed by atoms with Gasteiger partial charge in [-0.2, -0.15) is 0 Å². The Hall–Kier alpha value is -1.26. The molecule has 0 radical (unpaired) electrons. The first-order valence-electron chi connectivity index (χ1n) is 6.69. The van der Waals surface area contributed by atoms with Gasteiger partial charge in [-0.3, -0.25) is 4.79 Å². The average Bonchev–Trinajstić information content (AvgIpc) is 2.38. The number of esters is 1. The second-order valence-electron chi connectivity index (χ2n) is 4.98. The number of unbranched alkanes of at least 4 members (excludes halogenated alkanes) is 1. The molecule has 1 fully saturated rings. The molecule has 1 atom stereocenters. The van der Waals surface area contributed by atoms with E-state index >= 15 is 0 Å². The summed E-state index contributed by atoms with van der Waals surface area (Å²) in [5.41, 5.74) is 0. The van der Waals surface area contributed by atoms with Crippen LogP contribution < -0.4 is 0 Å². The fraction of sp³-hybridized carbons (Fsp3) is 0.846. The number of nitrogens with zero attached hydrogens (tertiary/aromatic N) is 2. The monoisotopic (exact) mass is 256 g/mol. The van der Waals surface area contributed by atoms with E-state index in [0.29, 0.717) is 13.2 Å². The van der Waals surface area contributed by atoms with E-state index < -0.39 is 0 Å². The molecule has 2 amide bonds. The summed E-state index contributed by atoms with van der Waals surface area (Å²) in [5, 5.41) is 0. The number of amides is 2. The Bertz CT molecular complexity index is 292. The largest absolute Gasteiger partial charge is 0.465 e. The van der Waals surface area contributed by atoms with Crippen LogP contribution in [-0.2, 0) is 9.53 Å². The van der Waals surface area contributed by atoms with E-state index in [1.165, 1.54) is 0 Å². The van der Waals surface area contributed by atoms with Crippen molar-refractivity contribution in [2.45, 2.75) is 32.6 Å². The molecular weight excluding hydrogens is 232 g/mol. The van der Waals surface area contributed by atoms with Crippen molar-refractivity contribution in [3.63, 3.8) is 0 Å². The summed E-state index contributed by atoms with van der Waals surface area (Å²) in [7, 11) is 3.46. The average molecular weight is 256 g/mol. The van der Waals surface area contributed by atoms with E-state index in [-0.39, 0.29) is 17.9 Å². The van der Waals surface area contributed by atoms with Crippen LogP contribution in [0.5, 0.6) is 0 Å². The molecule has 18 heavy (non-hydrogen) atoms. The molecule has 5 heteroatoms. The molecule has 0 N–H and O–H groups in total. The van der Waals surface area contributed by atoms with Gasteiger partial charge in [0, 0.05) is 27.2 Å². The molecule has 1 saturated heterocycles. The summed E-state index contributed by atoms with van der Waals surface area (Å²) >= 11 is 0. The topological polar surface area (TPSA) is 49.9 Å². The molecule has 0 aliphatic carbocycles. The fourth-order valence-electron chi connectivity index (χ4n) is 2.06. The van der Waals surface area contributed by atoms with Crippen molar-refractivity contribution in [3.8, 4) is 0 Å². The van der Waals surface area contributed by atoms with Crippen LogP contribution in [0.25, 0.3) is 0 Å². The number of hydrogen-bond donors (Lipinski definition) is 0. The summed E-state index contributed by atoms with van der Waals surface area (Å²) in [6.45, 7) is 3.77. The van der Waals surface area contributed by atoms with Crippen LogP contribution in [0.3, 0.4) is 0 Å². The SMILES string of the molecule is CCCCOC(=O)C1CCCN(C(=O)N(C)C)C1. The Labute approximate surface area is 109 Å². The Kier molecular flexibility index (Phi) is 5.95. The van der Waals surface area contributed by atoms with Crippen molar-refractivity contribution >= 4 is 12.0 Å². The molecule has 1 aliphatic rings. The molecule has 104 valence electrons. The minimum atomic E-state index is -0.153. The first kappa shape index (κ1) is 14.8. The smallest absolute Gasteiger partial charge is 0.319 e. The lowest BCUT2D eigenvalue weighted by atomic mass is 9.98. The molecule has 1 aliphatic heterocycles. The van der Waals surface area contributed by atoms with E-state index in [0.717, 1.165) is 32.2 Å². The van der Waals surface area contributed by atoms with E-state index in [1.54, 1.807) is 23.9 Å². The molecule has 0 aromatic rings. The Morgan fingerprint density at radius 3 is 2.72 bits per heavy atom. The van der Waals surface area contributed by atoms with Crippen molar-refractivity contribution in [1.82, 2.24) is 9.80 Å². The predicted molar refractivity (Wildman–Crippen MR) is 69.2 cm³/mol. The van der Waals surface area contributed by atoms with Gasteiger partial charge in [-0.05, 0) is 19.3 Å². The maximum Gasteiger partial charge on any atom is 0.319 e. The number of carbonyl (C=O) groups is 2. The van der Waals surface area contributed by atoms with Gasteiger partial charge in [0.15, 0.2) is 0 Å². The van der Waals surface area contributed by atoms with Crippen LogP contribution in [0.1, 0.15) is 32.6 Å². The highest BCUT2D eigenvalue weighted by molar-refractivity contribution is 5.77. The van der Waals surface area contributed by atoms with Gasteiger partial charge in [-0.1, -0.05) is 13.3 Å². The number of ether oxygens (including phenoxy) is 1. The zero-order valence-electron chi connectivity index (χ0n) is 11.6. The molecule has 1 heterocycles. The van der Waals surface area contributed by atoms with Crippen LogP contribution in [0, 0.1) is 5.92 Å². The Morgan fingerprint density at radius 2 is 2.11 bits per heavy atom. The fourth-order valence-corrected chi connectivity index (χ4v) is 2.06. The molecule has 0 saturated carbocycles. The highest BCUT2D eigenvalue weighted by Gasteiger charge is 2.29. The van der Waals surface area contributed by atoms with Crippen molar-refractivity contribution < 1.29 is 14.3 Å². The third kappa shape index (κ3) is 4.20. The van der Waals surface area contributed by atoms with Crippen molar-refractivity contribution in [3.05, 3.63) is 0 Å². The third-order valence-corrected chi connectivity index (χ3v) is 3.15. The van der Waals surface area contributed by atoms with E-state index in [1.807, 2.05) is 0 Å². The zero-order chi connectivity index (χ0) is 13.5. The number of carbonyl (C=O) groups excluding carboxylic acids is 2. The van der Waals surface area contributed by atoms with Gasteiger partial charge in [-0.25, -0.2) is 4.79 Å². The van der Waals surface area contributed by atoms with E-state index in [2.05, 4.69) is 6.92 Å². The van der Waals surface area contributed by atoms with Gasteiger partial charge < -0.3 is 14.5 Å². The lowest BCUT2D eigenvalue weighted by Gasteiger charge is -2.33. The van der Waals surface area contributed by atoms with Gasteiger partial charge in [0.1, 0.15) is 0 Å². The highest BCUT2D eigenvalue weighted by Crippen LogP contribution is 2.18. The minimum Gasteiger partial charge on any atom is -0.465 e. The molecule has 1 rings (SSSR count). The summed E-state index contributed by atoms with van der Waals surface area (Å²) in [4.78, 5) is 26.9. The number of likely N-dealkylation sites (tertiary alicyclic amines) is 1. The maximum atomic E-state index is 11.8. The summed E-state index contributed by atoms with van der Waals surface area (Å²) in [5.74, 6) is -0.306. The molecule has 0 spiro atoms. The van der Waals surface area contributed by atoms with Gasteiger partial charge in [-0.15, -0.1) is 0 Å². The lowest BCUT2D eigenvalue weighted by Crippen LogP contribution is -2.46. The van der Waals surface area contributed by atoms with Crippen LogP contribution in [0.2, 0.25) is 0 Å². The first-order chi connectivity index (χ1) is 8.56. The van der Waals surface area contributed by atoms with Gasteiger partial charge in [0.25, 0.3) is 0 Å². The van der Waals surface area contributed by atoms with Gasteiger partial charge in [0.05, 0.1) is 12.5 Å². The Balaban J connectivity index is 2.43. The summed E-state index contributed by atoms with van der Waals surface area (Å²) in [6.07, 6.45) is 3.61. The molecular formula is C13H24N2O3. The van der Waals surface area contributed by atoms with Crippen molar-refractivity contribution in [2.75, 3.05) is 33.8 Å². The molecule has 0 bridgehead atoms. The standard InChI is InChI=1S/C13H24N2O3/c1-4-5-9-18-12(16)11-7-6-8-15(10-11)13(17)14(2)3/h11H,4-10H2,1-3H3. The van der Waals surface area contributed by atoms with Crippen LogP contribution in [0.4, 0.5) is 4.79 Å². The molecule has 0 aromatic carbocycles. The van der Waals surface area contributed by atoms with Crippen molar-refractivity contribution in [2.24, 2.45) is 5.92 Å². The highest BCUT2D eigenvalue weighted by atomic mass is 16.5. The number of urea groups is 1. The molecule has 0 aromatic heterocycles. The van der Waals surface area contributed by atoms with Gasteiger partial charge in [0.2, 0.25) is 0 Å². The number of rotatable bonds is 4. The number of hydrogen-bond acceptors (Lipinski definition) is 3. The predicted octanol–water partition coefficient (Wildman–Crippen LogP) is 1.72. The van der Waals surface area contributed by atoms with Crippen LogP contribution in [-0.4, -0.2) is 55.6 Å². The molecule has 5 nitrogen and oxygen atoms in total. The van der Waals surface area contributed by atoms with Crippen LogP contribution in [0.15, 0.2) is 0 Å². The van der Waals surface area contributed by atoms with E-state index in [4.69, 9.17) is 4.74 Å². The minimum absolute atomic E-state index is 0.0268. The summed E-state index contributed by atoms with van der Waals surface area (Å²) in [6, 6.07) is -0.0268. The normalized spacial score (nSPS) is 19.5. The van der Waals surface area contributed by atoms with Crippen molar-refractivity contribution in [1.29, 1.82) is 0 Å². The second kappa shape index (κ2) is 7.24. The summed E-state index contributed by atoms with van der Waals surface area (Å²) < 4.78 is 5.22. The maximum absolute atomic E-state index is 11.8. The number of piperidine rings is 1. The zero-order valence-corrected chi connectivity index (χ0v) is 11.6. The first-order valence-corrected chi connectivity index (χ1v) is 6.69. The van der Waals surface area contributed by atoms with Gasteiger partial charge >= 0.3 is 12.0 Å². The van der Waals surface area contributed by atoms with Crippen LogP contribution >= 0.6 is 0 Å². The molecule has 1 unspecified atom stereocenters. The lowest BCUT2D eigenvalue weighted by molar-refractivity contribution is -0.150.